The van der Waals surface area contributed by atoms with Crippen molar-refractivity contribution in [1.82, 2.24) is 10.2 Å². The van der Waals surface area contributed by atoms with E-state index in [-0.39, 0.29) is 25.0 Å². The standard InChI is InChI=1S/C23H29ClN2O4/c1-16(2)13-25-23(28)17(3)26(14-18-9-5-6-10-19(18)24)22(27)15-30-21-12-8-7-11-20(21)29-4/h5-12,16-17H,13-15H2,1-4H3,(H,25,28). The Morgan fingerprint density at radius 3 is 2.30 bits per heavy atom. The monoisotopic (exact) mass is 432 g/mol. The summed E-state index contributed by atoms with van der Waals surface area (Å²) in [6.07, 6.45) is 0. The molecule has 7 heteroatoms. The second-order valence-corrected chi connectivity index (χ2v) is 7.77. The Morgan fingerprint density at radius 2 is 1.67 bits per heavy atom. The zero-order valence-corrected chi connectivity index (χ0v) is 18.6. The number of carbonyl (C=O) groups is 2. The normalized spacial score (nSPS) is 11.7. The Labute approximate surface area is 183 Å². The predicted octanol–water partition coefficient (Wildman–Crippen LogP) is 3.92. The van der Waals surface area contributed by atoms with Gasteiger partial charge in [0.2, 0.25) is 5.91 Å². The van der Waals surface area contributed by atoms with Crippen molar-refractivity contribution in [2.45, 2.75) is 33.4 Å². The van der Waals surface area contributed by atoms with Crippen LogP contribution in [0.2, 0.25) is 5.02 Å². The number of halogens is 1. The third kappa shape index (κ3) is 6.66. The van der Waals surface area contributed by atoms with Gasteiger partial charge < -0.3 is 19.7 Å². The van der Waals surface area contributed by atoms with E-state index in [1.807, 2.05) is 38.1 Å². The van der Waals surface area contributed by atoms with Crippen LogP contribution in [0.25, 0.3) is 0 Å². The molecule has 6 nitrogen and oxygen atoms in total. The van der Waals surface area contributed by atoms with E-state index in [0.29, 0.717) is 29.0 Å². The van der Waals surface area contributed by atoms with Gasteiger partial charge in [0.25, 0.3) is 5.91 Å². The molecule has 0 spiro atoms. The second-order valence-electron chi connectivity index (χ2n) is 7.37. The van der Waals surface area contributed by atoms with Crippen LogP contribution in [0.15, 0.2) is 48.5 Å². The zero-order valence-electron chi connectivity index (χ0n) is 17.9. The number of ether oxygens (including phenoxy) is 2. The molecule has 0 aliphatic heterocycles. The van der Waals surface area contributed by atoms with Crippen molar-refractivity contribution in [2.75, 3.05) is 20.3 Å². The molecule has 1 atom stereocenters. The molecule has 0 aliphatic carbocycles. The van der Waals surface area contributed by atoms with Crippen LogP contribution in [0.1, 0.15) is 26.3 Å². The van der Waals surface area contributed by atoms with Crippen molar-refractivity contribution in [3.05, 3.63) is 59.1 Å². The van der Waals surface area contributed by atoms with Gasteiger partial charge in [0.1, 0.15) is 6.04 Å². The summed E-state index contributed by atoms with van der Waals surface area (Å²) >= 11 is 6.29. The fraction of sp³-hybridized carbons (Fsp3) is 0.391. The smallest absolute Gasteiger partial charge is 0.261 e. The van der Waals surface area contributed by atoms with Crippen molar-refractivity contribution in [2.24, 2.45) is 5.92 Å². The number of hydrogen-bond donors (Lipinski definition) is 1. The fourth-order valence-electron chi connectivity index (χ4n) is 2.81. The largest absolute Gasteiger partial charge is 0.493 e. The number of amides is 2. The highest BCUT2D eigenvalue weighted by Crippen LogP contribution is 2.26. The number of nitrogens with zero attached hydrogens (tertiary/aromatic N) is 1. The average molecular weight is 433 g/mol. The summed E-state index contributed by atoms with van der Waals surface area (Å²) in [4.78, 5) is 27.2. The minimum absolute atomic E-state index is 0.198. The lowest BCUT2D eigenvalue weighted by Crippen LogP contribution is -2.49. The minimum atomic E-state index is -0.686. The van der Waals surface area contributed by atoms with Crippen molar-refractivity contribution in [1.29, 1.82) is 0 Å². The summed E-state index contributed by atoms with van der Waals surface area (Å²) < 4.78 is 10.9. The van der Waals surface area contributed by atoms with Gasteiger partial charge in [0, 0.05) is 18.1 Å². The Hall–Kier alpha value is -2.73. The molecule has 162 valence electrons. The summed E-state index contributed by atoms with van der Waals surface area (Å²) in [6.45, 7) is 6.23. The third-order valence-electron chi connectivity index (χ3n) is 4.57. The van der Waals surface area contributed by atoms with Gasteiger partial charge in [-0.25, -0.2) is 0 Å². The summed E-state index contributed by atoms with van der Waals surface area (Å²) in [7, 11) is 1.54. The van der Waals surface area contributed by atoms with Gasteiger partial charge in [0.05, 0.1) is 7.11 Å². The van der Waals surface area contributed by atoms with Crippen LogP contribution in [-0.4, -0.2) is 43.0 Å². The third-order valence-corrected chi connectivity index (χ3v) is 4.94. The maximum atomic E-state index is 13.1. The van der Waals surface area contributed by atoms with E-state index in [1.54, 1.807) is 31.2 Å². The SMILES string of the molecule is COc1ccccc1OCC(=O)N(Cc1ccccc1Cl)C(C)C(=O)NCC(C)C. The molecule has 2 aromatic carbocycles. The quantitative estimate of drug-likeness (QED) is 0.618. The summed E-state index contributed by atoms with van der Waals surface area (Å²) in [5.41, 5.74) is 0.758. The Kier molecular flexibility index (Phi) is 8.99. The maximum absolute atomic E-state index is 13.1. The molecule has 0 fully saturated rings. The average Bonchev–Trinajstić information content (AvgIpc) is 2.74. The van der Waals surface area contributed by atoms with E-state index >= 15 is 0 Å². The molecule has 2 rings (SSSR count). The molecular formula is C23H29ClN2O4. The Morgan fingerprint density at radius 1 is 1.03 bits per heavy atom. The summed E-state index contributed by atoms with van der Waals surface area (Å²) in [5, 5.41) is 3.42. The number of rotatable bonds is 10. The van der Waals surface area contributed by atoms with Crippen LogP contribution in [0.4, 0.5) is 0 Å². The highest BCUT2D eigenvalue weighted by molar-refractivity contribution is 6.31. The van der Waals surface area contributed by atoms with E-state index in [1.165, 1.54) is 12.0 Å². The summed E-state index contributed by atoms with van der Waals surface area (Å²) in [5.74, 6) is 0.755. The first-order valence-corrected chi connectivity index (χ1v) is 10.3. The molecule has 0 heterocycles. The van der Waals surface area contributed by atoms with E-state index in [9.17, 15) is 9.59 Å². The summed E-state index contributed by atoms with van der Waals surface area (Å²) in [6, 6.07) is 13.7. The first kappa shape index (κ1) is 23.5. The van der Waals surface area contributed by atoms with Gasteiger partial charge >= 0.3 is 0 Å². The fourth-order valence-corrected chi connectivity index (χ4v) is 3.00. The molecule has 0 saturated heterocycles. The molecule has 2 aromatic rings. The highest BCUT2D eigenvalue weighted by Gasteiger charge is 2.27. The first-order chi connectivity index (χ1) is 14.3. The van der Waals surface area contributed by atoms with Gasteiger partial charge in [-0.15, -0.1) is 0 Å². The van der Waals surface area contributed by atoms with Crippen LogP contribution >= 0.6 is 11.6 Å². The van der Waals surface area contributed by atoms with Gasteiger partial charge in [-0.3, -0.25) is 9.59 Å². The number of carbonyl (C=O) groups excluding carboxylic acids is 2. The maximum Gasteiger partial charge on any atom is 0.261 e. The molecule has 0 bridgehead atoms. The highest BCUT2D eigenvalue weighted by atomic mass is 35.5. The van der Waals surface area contributed by atoms with Crippen LogP contribution in [0, 0.1) is 5.92 Å². The molecule has 0 radical (unpaired) electrons. The molecule has 2 amide bonds. The Bertz CT molecular complexity index is 857. The van der Waals surface area contributed by atoms with Crippen molar-refractivity contribution in [3.8, 4) is 11.5 Å². The van der Waals surface area contributed by atoms with E-state index < -0.39 is 6.04 Å². The van der Waals surface area contributed by atoms with Gasteiger partial charge in [-0.1, -0.05) is 55.8 Å². The molecule has 30 heavy (non-hydrogen) atoms. The van der Waals surface area contributed by atoms with E-state index in [4.69, 9.17) is 21.1 Å². The lowest BCUT2D eigenvalue weighted by Gasteiger charge is -2.29. The van der Waals surface area contributed by atoms with E-state index in [2.05, 4.69) is 5.32 Å². The van der Waals surface area contributed by atoms with Gasteiger partial charge in [-0.05, 0) is 36.6 Å². The Balaban J connectivity index is 2.17. The predicted molar refractivity (Wildman–Crippen MR) is 118 cm³/mol. The molecule has 0 aliphatic rings. The topological polar surface area (TPSA) is 67.9 Å². The van der Waals surface area contributed by atoms with Crippen LogP contribution in [-0.2, 0) is 16.1 Å². The van der Waals surface area contributed by atoms with Crippen LogP contribution < -0.4 is 14.8 Å². The number of para-hydroxylation sites is 2. The van der Waals surface area contributed by atoms with E-state index in [0.717, 1.165) is 5.56 Å². The van der Waals surface area contributed by atoms with Crippen molar-refractivity contribution < 1.29 is 19.1 Å². The number of nitrogens with one attached hydrogen (secondary N) is 1. The van der Waals surface area contributed by atoms with Gasteiger partial charge in [-0.2, -0.15) is 0 Å². The van der Waals surface area contributed by atoms with Crippen LogP contribution in [0.3, 0.4) is 0 Å². The number of methoxy groups -OCH3 is 1. The number of benzene rings is 2. The molecule has 1 N–H and O–H groups in total. The first-order valence-electron chi connectivity index (χ1n) is 9.89. The molecule has 1 unspecified atom stereocenters. The van der Waals surface area contributed by atoms with Crippen molar-refractivity contribution >= 4 is 23.4 Å². The number of hydrogen-bond acceptors (Lipinski definition) is 4. The molecule has 0 saturated carbocycles. The minimum Gasteiger partial charge on any atom is -0.493 e. The lowest BCUT2D eigenvalue weighted by atomic mass is 10.1. The second kappa shape index (κ2) is 11.5. The van der Waals surface area contributed by atoms with Gasteiger partial charge in [0.15, 0.2) is 18.1 Å². The van der Waals surface area contributed by atoms with Crippen molar-refractivity contribution in [3.63, 3.8) is 0 Å². The lowest BCUT2D eigenvalue weighted by molar-refractivity contribution is -0.142. The molecule has 0 aromatic heterocycles. The zero-order chi connectivity index (χ0) is 22.1. The van der Waals surface area contributed by atoms with Crippen LogP contribution in [0.5, 0.6) is 11.5 Å². The molecular weight excluding hydrogens is 404 g/mol.